The molecule has 1 unspecified atom stereocenters. The Balaban J connectivity index is 1.86. The lowest BCUT2D eigenvalue weighted by Gasteiger charge is -2.25. The van der Waals surface area contributed by atoms with E-state index >= 15 is 0 Å². The Morgan fingerprint density at radius 1 is 1.23 bits per heavy atom. The molecule has 3 rings (SSSR count). The van der Waals surface area contributed by atoms with Gasteiger partial charge < -0.3 is 10.2 Å². The molecule has 0 saturated carbocycles. The predicted octanol–water partition coefficient (Wildman–Crippen LogP) is 1.89. The van der Waals surface area contributed by atoms with Crippen LogP contribution in [0.25, 0.3) is 0 Å². The number of nitrogens with zero attached hydrogens (tertiary/aromatic N) is 2. The van der Waals surface area contributed by atoms with Gasteiger partial charge in [-0.25, -0.2) is 0 Å². The number of carbonyl (C=O) groups is 2. The van der Waals surface area contributed by atoms with Gasteiger partial charge in [-0.2, -0.15) is 0 Å². The molecule has 0 aliphatic carbocycles. The summed E-state index contributed by atoms with van der Waals surface area (Å²) in [7, 11) is 0. The van der Waals surface area contributed by atoms with Crippen LogP contribution in [-0.4, -0.2) is 22.8 Å². The molecule has 1 aromatic carbocycles. The maximum atomic E-state index is 12.8. The van der Waals surface area contributed by atoms with Gasteiger partial charge in [-0.15, -0.1) is 0 Å². The fourth-order valence-electron chi connectivity index (χ4n) is 2.57. The maximum Gasteiger partial charge on any atom is 0.249 e. The minimum Gasteiger partial charge on any atom is -0.344 e. The molecule has 22 heavy (non-hydrogen) atoms. The molecule has 1 aliphatic rings. The van der Waals surface area contributed by atoms with E-state index in [1.165, 1.54) is 0 Å². The highest BCUT2D eigenvalue weighted by atomic mass is 16.2. The molecule has 0 spiro atoms. The molecule has 2 amide bonds. The van der Waals surface area contributed by atoms with E-state index in [1.54, 1.807) is 17.3 Å². The molecule has 0 radical (unpaired) electrons. The van der Waals surface area contributed by atoms with Crippen LogP contribution in [0.5, 0.6) is 0 Å². The van der Waals surface area contributed by atoms with Gasteiger partial charge in [0.15, 0.2) is 0 Å². The van der Waals surface area contributed by atoms with Gasteiger partial charge >= 0.3 is 0 Å². The van der Waals surface area contributed by atoms with Crippen molar-refractivity contribution >= 4 is 17.5 Å². The van der Waals surface area contributed by atoms with Crippen molar-refractivity contribution in [3.8, 4) is 0 Å². The van der Waals surface area contributed by atoms with Crippen LogP contribution in [0.2, 0.25) is 0 Å². The Hall–Kier alpha value is -2.69. The van der Waals surface area contributed by atoms with Crippen LogP contribution in [0.15, 0.2) is 54.9 Å². The molecule has 5 nitrogen and oxygen atoms in total. The van der Waals surface area contributed by atoms with Crippen LogP contribution < -0.4 is 10.2 Å². The lowest BCUT2D eigenvalue weighted by atomic mass is 10.1. The van der Waals surface area contributed by atoms with Crippen molar-refractivity contribution in [2.24, 2.45) is 0 Å². The number of carbonyl (C=O) groups excluding carboxylic acids is 2. The summed E-state index contributed by atoms with van der Waals surface area (Å²) in [5.74, 6) is -0.145. The highest BCUT2D eigenvalue weighted by Crippen LogP contribution is 2.20. The zero-order chi connectivity index (χ0) is 15.4. The number of nitrogens with one attached hydrogen (secondary N) is 1. The van der Waals surface area contributed by atoms with Crippen LogP contribution in [0.3, 0.4) is 0 Å². The second kappa shape index (κ2) is 6.39. The maximum absolute atomic E-state index is 12.8. The summed E-state index contributed by atoms with van der Waals surface area (Å²) in [5.41, 5.74) is 1.77. The number of hydrogen-bond acceptors (Lipinski definition) is 3. The standard InChI is InChI=1S/C17H17N3O2/c21-16-9-8-15(19-16)17(22)20(14-6-2-1-3-7-14)12-13-5-4-10-18-11-13/h1-7,10-11,15H,8-9,12H2,(H,19,21). The van der Waals surface area contributed by atoms with Crippen LogP contribution in [-0.2, 0) is 16.1 Å². The van der Waals surface area contributed by atoms with Crippen LogP contribution in [0.4, 0.5) is 5.69 Å². The average molecular weight is 295 g/mol. The topological polar surface area (TPSA) is 62.3 Å². The Kier molecular flexibility index (Phi) is 4.14. The molecule has 1 N–H and O–H groups in total. The Bertz CT molecular complexity index is 658. The zero-order valence-electron chi connectivity index (χ0n) is 12.1. The first-order valence-electron chi connectivity index (χ1n) is 7.29. The minimum atomic E-state index is -0.440. The number of rotatable bonds is 4. The van der Waals surface area contributed by atoms with Crippen molar-refractivity contribution in [1.82, 2.24) is 10.3 Å². The van der Waals surface area contributed by atoms with Gasteiger partial charge in [0.1, 0.15) is 6.04 Å². The van der Waals surface area contributed by atoms with Gasteiger partial charge in [0, 0.05) is 24.5 Å². The zero-order valence-corrected chi connectivity index (χ0v) is 12.1. The molecule has 0 bridgehead atoms. The molecule has 2 heterocycles. The van der Waals surface area contributed by atoms with Gasteiger partial charge in [-0.3, -0.25) is 14.6 Å². The van der Waals surface area contributed by atoms with Crippen molar-refractivity contribution in [2.75, 3.05) is 4.90 Å². The van der Waals surface area contributed by atoms with Gasteiger partial charge in [-0.1, -0.05) is 24.3 Å². The molecule has 1 fully saturated rings. The van der Waals surface area contributed by atoms with E-state index in [9.17, 15) is 9.59 Å². The molecule has 1 aromatic heterocycles. The fraction of sp³-hybridized carbons (Fsp3) is 0.235. The summed E-state index contributed by atoms with van der Waals surface area (Å²) >= 11 is 0. The van der Waals surface area contributed by atoms with E-state index in [2.05, 4.69) is 10.3 Å². The molecule has 2 aromatic rings. The number of benzene rings is 1. The predicted molar refractivity (Wildman–Crippen MR) is 83.0 cm³/mol. The third kappa shape index (κ3) is 3.14. The number of anilines is 1. The summed E-state index contributed by atoms with van der Waals surface area (Å²) < 4.78 is 0. The Morgan fingerprint density at radius 3 is 2.68 bits per heavy atom. The second-order valence-electron chi connectivity index (χ2n) is 5.28. The molecule has 1 atom stereocenters. The Morgan fingerprint density at radius 2 is 2.05 bits per heavy atom. The Labute approximate surface area is 129 Å². The number of pyridine rings is 1. The van der Waals surface area contributed by atoms with Crippen molar-refractivity contribution < 1.29 is 9.59 Å². The lowest BCUT2D eigenvalue weighted by molar-refractivity contribution is -0.124. The van der Waals surface area contributed by atoms with Crippen molar-refractivity contribution in [3.63, 3.8) is 0 Å². The molecule has 112 valence electrons. The van der Waals surface area contributed by atoms with E-state index in [0.717, 1.165) is 11.3 Å². The first-order valence-corrected chi connectivity index (χ1v) is 7.29. The minimum absolute atomic E-state index is 0.0623. The number of hydrogen-bond donors (Lipinski definition) is 1. The lowest BCUT2D eigenvalue weighted by Crippen LogP contribution is -2.44. The molecule has 1 saturated heterocycles. The highest BCUT2D eigenvalue weighted by Gasteiger charge is 2.31. The van der Waals surface area contributed by atoms with E-state index in [1.807, 2.05) is 42.5 Å². The molecule has 5 heteroatoms. The fourth-order valence-corrected chi connectivity index (χ4v) is 2.57. The third-order valence-electron chi connectivity index (χ3n) is 3.69. The highest BCUT2D eigenvalue weighted by molar-refractivity contribution is 6.00. The SMILES string of the molecule is O=C1CCC(C(=O)N(Cc2cccnc2)c2ccccc2)N1. The summed E-state index contributed by atoms with van der Waals surface area (Å²) in [5, 5.41) is 2.74. The van der Waals surface area contributed by atoms with Crippen molar-refractivity contribution in [2.45, 2.75) is 25.4 Å². The third-order valence-corrected chi connectivity index (χ3v) is 3.69. The number of para-hydroxylation sites is 1. The van der Waals surface area contributed by atoms with Crippen molar-refractivity contribution in [1.29, 1.82) is 0 Å². The first-order chi connectivity index (χ1) is 10.7. The van der Waals surface area contributed by atoms with E-state index in [0.29, 0.717) is 19.4 Å². The van der Waals surface area contributed by atoms with Crippen LogP contribution in [0, 0.1) is 0 Å². The van der Waals surface area contributed by atoms with Crippen LogP contribution in [0.1, 0.15) is 18.4 Å². The normalized spacial score (nSPS) is 17.1. The van der Waals surface area contributed by atoms with Gasteiger partial charge in [0.25, 0.3) is 0 Å². The van der Waals surface area contributed by atoms with E-state index in [4.69, 9.17) is 0 Å². The quantitative estimate of drug-likeness (QED) is 0.937. The monoisotopic (exact) mass is 295 g/mol. The van der Waals surface area contributed by atoms with Crippen molar-refractivity contribution in [3.05, 3.63) is 60.4 Å². The molecule has 1 aliphatic heterocycles. The average Bonchev–Trinajstić information content (AvgIpc) is 3.00. The van der Waals surface area contributed by atoms with Crippen LogP contribution >= 0.6 is 0 Å². The summed E-state index contributed by atoms with van der Waals surface area (Å²) in [6, 6.07) is 12.8. The van der Waals surface area contributed by atoms with Gasteiger partial charge in [-0.05, 0) is 30.2 Å². The number of aromatic nitrogens is 1. The largest absolute Gasteiger partial charge is 0.344 e. The van der Waals surface area contributed by atoms with Gasteiger partial charge in [0.2, 0.25) is 11.8 Å². The van der Waals surface area contributed by atoms with E-state index in [-0.39, 0.29) is 11.8 Å². The summed E-state index contributed by atoms with van der Waals surface area (Å²) in [6.45, 7) is 0.434. The van der Waals surface area contributed by atoms with E-state index < -0.39 is 6.04 Å². The smallest absolute Gasteiger partial charge is 0.249 e. The summed E-state index contributed by atoms with van der Waals surface area (Å²) in [4.78, 5) is 30.0. The molecular weight excluding hydrogens is 278 g/mol. The first kappa shape index (κ1) is 14.3. The summed E-state index contributed by atoms with van der Waals surface area (Å²) in [6.07, 6.45) is 4.41. The molecular formula is C17H17N3O2. The van der Waals surface area contributed by atoms with Gasteiger partial charge in [0.05, 0.1) is 6.54 Å². The number of amides is 2. The second-order valence-corrected chi connectivity index (χ2v) is 5.28.